The molecule has 0 amide bonds. The lowest BCUT2D eigenvalue weighted by Gasteiger charge is -2.42. The highest BCUT2D eigenvalue weighted by molar-refractivity contribution is 5.89. The van der Waals surface area contributed by atoms with Crippen LogP contribution < -0.4 is 10.3 Å². The number of benzene rings is 1. The van der Waals surface area contributed by atoms with Crippen LogP contribution in [0, 0.1) is 18.7 Å². The Bertz CT molecular complexity index is 1020. The first kappa shape index (κ1) is 17.9. The van der Waals surface area contributed by atoms with Crippen molar-refractivity contribution in [3.8, 4) is 0 Å². The number of hydrogen-bond acceptors (Lipinski definition) is 3. The van der Waals surface area contributed by atoms with E-state index in [1.807, 2.05) is 4.57 Å². The summed E-state index contributed by atoms with van der Waals surface area (Å²) in [7, 11) is 0. The molecule has 0 bridgehead atoms. The van der Waals surface area contributed by atoms with E-state index in [9.17, 15) is 27.5 Å². The molecule has 4 rings (SSSR count). The van der Waals surface area contributed by atoms with Gasteiger partial charge in [0, 0.05) is 30.7 Å². The Hall–Kier alpha value is -2.51. The normalized spacial score (nSPS) is 18.0. The molecular weight excluding hydrogens is 364 g/mol. The number of pyridine rings is 1. The van der Waals surface area contributed by atoms with Gasteiger partial charge in [0.05, 0.1) is 22.7 Å². The number of aryl methyl sites for hydroxylation is 1. The number of aromatic nitrogens is 1. The molecule has 27 heavy (non-hydrogen) atoms. The number of hydrogen-bond donors (Lipinski definition) is 1. The molecule has 1 aliphatic carbocycles. The molecule has 144 valence electrons. The summed E-state index contributed by atoms with van der Waals surface area (Å²) in [5.41, 5.74) is 0.498. The van der Waals surface area contributed by atoms with Crippen LogP contribution in [-0.2, 0) is 0 Å². The smallest absolute Gasteiger partial charge is 0.395 e. The molecule has 2 aromatic rings. The monoisotopic (exact) mass is 382 g/mol. The minimum Gasteiger partial charge on any atom is -0.508 e. The molecule has 8 heteroatoms. The summed E-state index contributed by atoms with van der Waals surface area (Å²) in [6.07, 6.45) is -1.04. The molecule has 1 aromatic heterocycles. The SMILES string of the molecule is C=C(O)c1cn(C2CC2)c2c(C)c(N3CC(C(F)(F)F)C3)c(F)cc2c1=O. The minimum atomic E-state index is -4.30. The third kappa shape index (κ3) is 2.78. The van der Waals surface area contributed by atoms with E-state index in [0.717, 1.165) is 18.9 Å². The van der Waals surface area contributed by atoms with E-state index < -0.39 is 29.1 Å². The lowest BCUT2D eigenvalue weighted by Crippen LogP contribution is -2.54. The Labute approximate surface area is 152 Å². The summed E-state index contributed by atoms with van der Waals surface area (Å²) >= 11 is 0. The van der Waals surface area contributed by atoms with Crippen molar-refractivity contribution in [1.29, 1.82) is 0 Å². The fourth-order valence-electron chi connectivity index (χ4n) is 3.77. The molecule has 2 fully saturated rings. The number of aliphatic hydroxyl groups excluding tert-OH is 1. The molecule has 0 atom stereocenters. The van der Waals surface area contributed by atoms with Gasteiger partial charge in [0.15, 0.2) is 5.43 Å². The second kappa shape index (κ2) is 5.74. The third-order valence-electron chi connectivity index (χ3n) is 5.39. The molecule has 1 aliphatic heterocycles. The lowest BCUT2D eigenvalue weighted by atomic mass is 9.95. The Morgan fingerprint density at radius 1 is 1.30 bits per heavy atom. The van der Waals surface area contributed by atoms with Gasteiger partial charge in [0.2, 0.25) is 0 Å². The van der Waals surface area contributed by atoms with E-state index in [4.69, 9.17) is 0 Å². The Kier molecular flexibility index (Phi) is 3.80. The number of fused-ring (bicyclic) bond motifs is 1. The fraction of sp³-hybridized carbons (Fsp3) is 0.421. The molecule has 2 heterocycles. The highest BCUT2D eigenvalue weighted by atomic mass is 19.4. The summed E-state index contributed by atoms with van der Waals surface area (Å²) < 4.78 is 55.0. The summed E-state index contributed by atoms with van der Waals surface area (Å²) in [6, 6.07) is 1.18. The maximum absolute atomic E-state index is 14.8. The van der Waals surface area contributed by atoms with Gasteiger partial charge in [0.25, 0.3) is 0 Å². The van der Waals surface area contributed by atoms with E-state index in [2.05, 4.69) is 6.58 Å². The van der Waals surface area contributed by atoms with Gasteiger partial charge in [-0.15, -0.1) is 0 Å². The number of alkyl halides is 3. The molecule has 0 radical (unpaired) electrons. The van der Waals surface area contributed by atoms with Crippen molar-refractivity contribution in [3.63, 3.8) is 0 Å². The van der Waals surface area contributed by atoms with Crippen molar-refractivity contribution in [3.05, 3.63) is 46.0 Å². The van der Waals surface area contributed by atoms with E-state index in [1.165, 1.54) is 11.1 Å². The van der Waals surface area contributed by atoms with Crippen molar-refractivity contribution >= 4 is 22.3 Å². The van der Waals surface area contributed by atoms with Crippen LogP contribution in [0.2, 0.25) is 0 Å². The number of aliphatic hydroxyl groups is 1. The zero-order chi connectivity index (χ0) is 19.7. The fourth-order valence-corrected chi connectivity index (χ4v) is 3.77. The highest BCUT2D eigenvalue weighted by Crippen LogP contribution is 2.43. The highest BCUT2D eigenvalue weighted by Gasteiger charge is 2.48. The number of anilines is 1. The van der Waals surface area contributed by atoms with Gasteiger partial charge in [-0.25, -0.2) is 4.39 Å². The average Bonchev–Trinajstić information content (AvgIpc) is 3.33. The third-order valence-corrected chi connectivity index (χ3v) is 5.39. The topological polar surface area (TPSA) is 45.5 Å². The summed E-state index contributed by atoms with van der Waals surface area (Å²) in [5, 5.41) is 9.81. The second-order valence-electron chi connectivity index (χ2n) is 7.33. The van der Waals surface area contributed by atoms with Crippen LogP contribution in [0.5, 0.6) is 0 Å². The quantitative estimate of drug-likeness (QED) is 0.636. The van der Waals surface area contributed by atoms with Gasteiger partial charge >= 0.3 is 6.18 Å². The molecule has 4 nitrogen and oxygen atoms in total. The first-order valence-corrected chi connectivity index (χ1v) is 8.67. The van der Waals surface area contributed by atoms with Crippen LogP contribution in [0.3, 0.4) is 0 Å². The van der Waals surface area contributed by atoms with Crippen molar-refractivity contribution in [2.24, 2.45) is 5.92 Å². The zero-order valence-corrected chi connectivity index (χ0v) is 14.6. The van der Waals surface area contributed by atoms with Gasteiger partial charge in [-0.3, -0.25) is 4.79 Å². The van der Waals surface area contributed by atoms with Crippen molar-refractivity contribution < 1.29 is 22.7 Å². The van der Waals surface area contributed by atoms with Gasteiger partial charge < -0.3 is 14.6 Å². The first-order valence-electron chi connectivity index (χ1n) is 8.67. The zero-order valence-electron chi connectivity index (χ0n) is 14.6. The Morgan fingerprint density at radius 2 is 1.93 bits per heavy atom. The Morgan fingerprint density at radius 3 is 2.44 bits per heavy atom. The molecular formula is C19H18F4N2O2. The van der Waals surface area contributed by atoms with E-state index >= 15 is 0 Å². The lowest BCUT2D eigenvalue weighted by molar-refractivity contribution is -0.180. The summed E-state index contributed by atoms with van der Waals surface area (Å²) in [5.74, 6) is -2.60. The van der Waals surface area contributed by atoms with Crippen LogP contribution in [0.1, 0.15) is 30.0 Å². The van der Waals surface area contributed by atoms with Crippen LogP contribution in [0.4, 0.5) is 23.2 Å². The largest absolute Gasteiger partial charge is 0.508 e. The van der Waals surface area contributed by atoms with Gasteiger partial charge in [0.1, 0.15) is 11.6 Å². The minimum absolute atomic E-state index is 0.00188. The van der Waals surface area contributed by atoms with Crippen LogP contribution in [-0.4, -0.2) is 28.9 Å². The van der Waals surface area contributed by atoms with Crippen molar-refractivity contribution in [1.82, 2.24) is 4.57 Å². The second-order valence-corrected chi connectivity index (χ2v) is 7.33. The molecule has 2 aliphatic rings. The van der Waals surface area contributed by atoms with Gasteiger partial charge in [-0.1, -0.05) is 6.58 Å². The molecule has 1 saturated carbocycles. The average molecular weight is 382 g/mol. The summed E-state index contributed by atoms with van der Waals surface area (Å²) in [6.45, 7) is 4.41. The van der Waals surface area contributed by atoms with Gasteiger partial charge in [-0.05, 0) is 31.4 Å². The van der Waals surface area contributed by atoms with Crippen LogP contribution >= 0.6 is 0 Å². The predicted octanol–water partition coefficient (Wildman–Crippen LogP) is 4.31. The van der Waals surface area contributed by atoms with Crippen molar-refractivity contribution in [2.75, 3.05) is 18.0 Å². The maximum atomic E-state index is 14.8. The molecule has 1 aromatic carbocycles. The molecule has 0 unspecified atom stereocenters. The van der Waals surface area contributed by atoms with Crippen LogP contribution in [0.25, 0.3) is 16.7 Å². The molecule has 1 saturated heterocycles. The molecule has 0 spiro atoms. The standard InChI is InChI=1S/C19H18F4N2O2/c1-9-16-13(18(27)14(10(2)26)8-25(16)12-3-4-12)5-15(20)17(9)24-6-11(7-24)19(21,22)23/h5,8,11-12,26H,2-4,6-7H2,1H3. The number of halogens is 4. The maximum Gasteiger partial charge on any atom is 0.395 e. The van der Waals surface area contributed by atoms with Crippen molar-refractivity contribution in [2.45, 2.75) is 32.0 Å². The summed E-state index contributed by atoms with van der Waals surface area (Å²) in [4.78, 5) is 14.0. The number of rotatable bonds is 3. The van der Waals surface area contributed by atoms with Crippen LogP contribution in [0.15, 0.2) is 23.6 Å². The molecule has 1 N–H and O–H groups in total. The Balaban J connectivity index is 1.89. The van der Waals surface area contributed by atoms with E-state index in [1.54, 1.807) is 6.92 Å². The first-order chi connectivity index (χ1) is 12.6. The van der Waals surface area contributed by atoms with E-state index in [-0.39, 0.29) is 35.8 Å². The van der Waals surface area contributed by atoms with Gasteiger partial charge in [-0.2, -0.15) is 13.2 Å². The number of nitrogens with zero attached hydrogens (tertiary/aromatic N) is 2. The predicted molar refractivity (Wildman–Crippen MR) is 94.6 cm³/mol. The van der Waals surface area contributed by atoms with E-state index in [0.29, 0.717) is 11.1 Å².